The first-order valence-electron chi connectivity index (χ1n) is 7.93. The number of anilines is 2. The average molecular weight is 394 g/mol. The minimum Gasteiger partial charge on any atom is -0.478 e. The average Bonchev–Trinajstić information content (AvgIpc) is 3.34. The van der Waals surface area contributed by atoms with Gasteiger partial charge in [-0.1, -0.05) is 18.2 Å². The minimum atomic E-state index is -0.991. The van der Waals surface area contributed by atoms with E-state index in [1.165, 1.54) is 17.0 Å². The molecule has 0 fully saturated rings. The van der Waals surface area contributed by atoms with Gasteiger partial charge in [0.05, 0.1) is 10.4 Å². The molecule has 6 nitrogen and oxygen atoms in total. The summed E-state index contributed by atoms with van der Waals surface area (Å²) < 4.78 is 0. The van der Waals surface area contributed by atoms with E-state index in [0.717, 1.165) is 9.75 Å². The Morgan fingerprint density at radius 3 is 2.19 bits per heavy atom. The first-order chi connectivity index (χ1) is 13.0. The monoisotopic (exact) mass is 394 g/mol. The van der Waals surface area contributed by atoms with Crippen molar-refractivity contribution in [1.29, 1.82) is 0 Å². The molecule has 4 rings (SSSR count). The Kier molecular flexibility index (Phi) is 4.35. The highest BCUT2D eigenvalue weighted by molar-refractivity contribution is 7.23. The molecule has 0 amide bonds. The molecular weight excluding hydrogens is 380 g/mol. The Morgan fingerprint density at radius 2 is 1.52 bits per heavy atom. The summed E-state index contributed by atoms with van der Waals surface area (Å²) in [5, 5.41) is 11.0. The summed E-state index contributed by atoms with van der Waals surface area (Å²) in [6.07, 6.45) is 0. The fraction of sp³-hybridized carbons (Fsp3) is 0. The summed E-state index contributed by atoms with van der Waals surface area (Å²) in [7, 11) is 0. The Bertz CT molecular complexity index is 1120. The van der Waals surface area contributed by atoms with E-state index in [2.05, 4.69) is 16.0 Å². The van der Waals surface area contributed by atoms with E-state index in [1.54, 1.807) is 34.8 Å². The lowest BCUT2D eigenvalue weighted by atomic mass is 10.1. The second kappa shape index (κ2) is 6.82. The van der Waals surface area contributed by atoms with Gasteiger partial charge in [0, 0.05) is 15.3 Å². The maximum atomic E-state index is 11.0. The van der Waals surface area contributed by atoms with Gasteiger partial charge in [-0.2, -0.15) is 0 Å². The predicted octanol–water partition coefficient (Wildman–Crippen LogP) is 4.46. The van der Waals surface area contributed by atoms with Crippen LogP contribution in [0.2, 0.25) is 0 Å². The molecule has 3 aromatic heterocycles. The van der Waals surface area contributed by atoms with Gasteiger partial charge in [0.2, 0.25) is 0 Å². The molecule has 5 N–H and O–H groups in total. The Morgan fingerprint density at radius 1 is 0.852 bits per heavy atom. The number of nitrogen functional groups attached to an aromatic ring is 2. The van der Waals surface area contributed by atoms with Crippen LogP contribution in [0.25, 0.3) is 31.6 Å². The van der Waals surface area contributed by atoms with Gasteiger partial charge in [-0.15, -0.1) is 22.7 Å². The SMILES string of the molecule is Nc1nc(-c2ccc(-c3cccs3)s2)c(N)nc1-c1ccc(C(=O)O)cc1. The number of aromatic nitrogens is 2. The number of carbonyl (C=O) groups is 1. The largest absolute Gasteiger partial charge is 0.478 e. The lowest BCUT2D eigenvalue weighted by Gasteiger charge is -2.09. The predicted molar refractivity (Wildman–Crippen MR) is 110 cm³/mol. The highest BCUT2D eigenvalue weighted by atomic mass is 32.1. The first kappa shape index (κ1) is 17.2. The number of carboxylic acids is 1. The fourth-order valence-electron chi connectivity index (χ4n) is 2.64. The van der Waals surface area contributed by atoms with E-state index in [-0.39, 0.29) is 17.2 Å². The number of benzene rings is 1. The maximum Gasteiger partial charge on any atom is 0.335 e. The van der Waals surface area contributed by atoms with E-state index in [0.29, 0.717) is 17.0 Å². The first-order valence-corrected chi connectivity index (χ1v) is 9.63. The molecule has 4 aromatic rings. The summed E-state index contributed by atoms with van der Waals surface area (Å²) in [4.78, 5) is 23.1. The van der Waals surface area contributed by atoms with Crippen LogP contribution in [0.3, 0.4) is 0 Å². The second-order valence-electron chi connectivity index (χ2n) is 5.72. The van der Waals surface area contributed by atoms with E-state index in [1.807, 2.05) is 23.6 Å². The van der Waals surface area contributed by atoms with Crippen molar-refractivity contribution < 1.29 is 9.90 Å². The summed E-state index contributed by atoms with van der Waals surface area (Å²) in [6, 6.07) is 14.3. The van der Waals surface area contributed by atoms with Crippen molar-refractivity contribution >= 4 is 40.3 Å². The molecular formula is C19H14N4O2S2. The molecule has 0 bridgehead atoms. The Labute approximate surface area is 162 Å². The van der Waals surface area contributed by atoms with Crippen LogP contribution in [0.15, 0.2) is 53.9 Å². The van der Waals surface area contributed by atoms with Gasteiger partial charge in [-0.3, -0.25) is 0 Å². The molecule has 0 unspecified atom stereocenters. The molecule has 0 aliphatic heterocycles. The summed E-state index contributed by atoms with van der Waals surface area (Å²) in [5.74, 6) is -0.468. The number of carboxylic acid groups (broad SMARTS) is 1. The van der Waals surface area contributed by atoms with Crippen LogP contribution in [0, 0.1) is 0 Å². The van der Waals surface area contributed by atoms with E-state index in [4.69, 9.17) is 16.6 Å². The van der Waals surface area contributed by atoms with Crippen molar-refractivity contribution in [3.05, 3.63) is 59.5 Å². The zero-order chi connectivity index (χ0) is 19.0. The zero-order valence-corrected chi connectivity index (χ0v) is 15.6. The van der Waals surface area contributed by atoms with E-state index < -0.39 is 5.97 Å². The molecule has 27 heavy (non-hydrogen) atoms. The fourth-order valence-corrected chi connectivity index (χ4v) is 4.48. The molecule has 0 aliphatic carbocycles. The number of hydrogen-bond acceptors (Lipinski definition) is 7. The summed E-state index contributed by atoms with van der Waals surface area (Å²) in [6.45, 7) is 0. The van der Waals surface area contributed by atoms with Crippen LogP contribution in [-0.4, -0.2) is 21.0 Å². The summed E-state index contributed by atoms with van der Waals surface area (Å²) >= 11 is 3.25. The maximum absolute atomic E-state index is 11.0. The molecule has 1 aromatic carbocycles. The Balaban J connectivity index is 1.71. The van der Waals surface area contributed by atoms with Crippen LogP contribution in [0.5, 0.6) is 0 Å². The van der Waals surface area contributed by atoms with Gasteiger partial charge in [0.25, 0.3) is 0 Å². The number of hydrogen-bond donors (Lipinski definition) is 3. The van der Waals surface area contributed by atoms with Gasteiger partial charge in [-0.05, 0) is 35.7 Å². The van der Waals surface area contributed by atoms with Crippen molar-refractivity contribution in [3.63, 3.8) is 0 Å². The smallest absolute Gasteiger partial charge is 0.335 e. The van der Waals surface area contributed by atoms with Gasteiger partial charge in [0.15, 0.2) is 11.6 Å². The van der Waals surface area contributed by atoms with Crippen molar-refractivity contribution in [2.24, 2.45) is 0 Å². The molecule has 0 aliphatic rings. The van der Waals surface area contributed by atoms with Crippen LogP contribution < -0.4 is 11.5 Å². The quantitative estimate of drug-likeness (QED) is 0.470. The van der Waals surface area contributed by atoms with Crippen molar-refractivity contribution in [2.75, 3.05) is 11.5 Å². The molecule has 0 spiro atoms. The van der Waals surface area contributed by atoms with Gasteiger partial charge in [0.1, 0.15) is 11.4 Å². The second-order valence-corrected chi connectivity index (χ2v) is 7.75. The number of thiophene rings is 2. The van der Waals surface area contributed by atoms with Crippen molar-refractivity contribution in [2.45, 2.75) is 0 Å². The number of aromatic carboxylic acids is 1. The van der Waals surface area contributed by atoms with Crippen LogP contribution in [0.1, 0.15) is 10.4 Å². The normalized spacial score (nSPS) is 10.8. The molecule has 0 saturated carbocycles. The standard InChI is InChI=1S/C19H14N4O2S2/c20-17-15(10-3-5-11(6-4-10)19(24)25)22-18(21)16(23-17)14-8-7-13(27-14)12-2-1-9-26-12/h1-9H,(H2,20,23)(H2,21,22)(H,24,25). The van der Waals surface area contributed by atoms with Crippen molar-refractivity contribution in [3.8, 4) is 31.6 Å². The van der Waals surface area contributed by atoms with Gasteiger partial charge >= 0.3 is 5.97 Å². The van der Waals surface area contributed by atoms with Crippen LogP contribution in [-0.2, 0) is 0 Å². The summed E-state index contributed by atoms with van der Waals surface area (Å²) in [5.41, 5.74) is 14.1. The van der Waals surface area contributed by atoms with Crippen LogP contribution in [0.4, 0.5) is 11.6 Å². The highest BCUT2D eigenvalue weighted by Crippen LogP contribution is 2.38. The lowest BCUT2D eigenvalue weighted by molar-refractivity contribution is 0.0697. The molecule has 0 saturated heterocycles. The van der Waals surface area contributed by atoms with E-state index >= 15 is 0 Å². The third-order valence-electron chi connectivity index (χ3n) is 3.96. The molecule has 0 atom stereocenters. The third kappa shape index (κ3) is 3.27. The van der Waals surface area contributed by atoms with E-state index in [9.17, 15) is 4.79 Å². The number of nitrogens with zero attached hydrogens (tertiary/aromatic N) is 2. The number of rotatable bonds is 4. The molecule has 0 radical (unpaired) electrons. The zero-order valence-electron chi connectivity index (χ0n) is 13.9. The number of nitrogens with two attached hydrogens (primary N) is 2. The highest BCUT2D eigenvalue weighted by Gasteiger charge is 2.16. The Hall–Kier alpha value is -3.23. The third-order valence-corrected chi connectivity index (χ3v) is 6.12. The topological polar surface area (TPSA) is 115 Å². The van der Waals surface area contributed by atoms with Gasteiger partial charge in [-0.25, -0.2) is 14.8 Å². The van der Waals surface area contributed by atoms with Crippen LogP contribution >= 0.6 is 22.7 Å². The van der Waals surface area contributed by atoms with Gasteiger partial charge < -0.3 is 16.6 Å². The van der Waals surface area contributed by atoms with Crippen molar-refractivity contribution in [1.82, 2.24) is 9.97 Å². The molecule has 134 valence electrons. The molecule has 8 heteroatoms. The molecule has 3 heterocycles. The minimum absolute atomic E-state index is 0.189. The lowest BCUT2D eigenvalue weighted by Crippen LogP contribution is -2.04.